The predicted molar refractivity (Wildman–Crippen MR) is 131 cm³/mol. The van der Waals surface area contributed by atoms with Crippen molar-refractivity contribution >= 4 is 56.2 Å². The van der Waals surface area contributed by atoms with Crippen LogP contribution in [0.4, 0.5) is 0 Å². The van der Waals surface area contributed by atoms with E-state index < -0.39 is 0 Å². The van der Waals surface area contributed by atoms with Gasteiger partial charge in [0.25, 0.3) is 5.91 Å². The number of thioether (sulfide) groups is 1. The summed E-state index contributed by atoms with van der Waals surface area (Å²) in [6.45, 7) is 7.04. The maximum Gasteiger partial charge on any atom is 0.266 e. The SMILES string of the molecule is C=CCOc1cc(Br)c(/C=C2/SC(=S)N(CCc3ccccc3)C2=O)cc1OCC. The van der Waals surface area contributed by atoms with Crippen LogP contribution in [-0.4, -0.2) is 34.9 Å². The highest BCUT2D eigenvalue weighted by atomic mass is 79.9. The second kappa shape index (κ2) is 10.8. The Hall–Kier alpha value is -2.09. The van der Waals surface area contributed by atoms with Gasteiger partial charge in [-0.3, -0.25) is 9.69 Å². The lowest BCUT2D eigenvalue weighted by Gasteiger charge is -2.14. The van der Waals surface area contributed by atoms with E-state index in [4.69, 9.17) is 21.7 Å². The van der Waals surface area contributed by atoms with E-state index in [0.29, 0.717) is 40.5 Å². The first-order valence-corrected chi connectivity index (χ1v) is 11.5. The summed E-state index contributed by atoms with van der Waals surface area (Å²) in [7, 11) is 0. The minimum Gasteiger partial charge on any atom is -0.490 e. The summed E-state index contributed by atoms with van der Waals surface area (Å²) >= 11 is 10.3. The molecule has 1 aliphatic rings. The Morgan fingerprint density at radius 2 is 1.93 bits per heavy atom. The van der Waals surface area contributed by atoms with Gasteiger partial charge in [0.1, 0.15) is 10.9 Å². The Morgan fingerprint density at radius 3 is 2.63 bits per heavy atom. The van der Waals surface area contributed by atoms with E-state index in [1.165, 1.54) is 17.3 Å². The number of hydrogen-bond acceptors (Lipinski definition) is 5. The minimum absolute atomic E-state index is 0.0715. The van der Waals surface area contributed by atoms with Crippen LogP contribution in [0.25, 0.3) is 6.08 Å². The van der Waals surface area contributed by atoms with E-state index >= 15 is 0 Å². The summed E-state index contributed by atoms with van der Waals surface area (Å²) < 4.78 is 12.8. The van der Waals surface area contributed by atoms with Crippen LogP contribution >= 0.6 is 39.9 Å². The second-order valence-electron chi connectivity index (χ2n) is 6.42. The van der Waals surface area contributed by atoms with Crippen molar-refractivity contribution in [2.75, 3.05) is 19.8 Å². The molecule has 0 aromatic heterocycles. The molecule has 0 N–H and O–H groups in total. The monoisotopic (exact) mass is 503 g/mol. The Balaban J connectivity index is 1.80. The molecule has 0 unspecified atom stereocenters. The van der Waals surface area contributed by atoms with Gasteiger partial charge in [-0.15, -0.1) is 0 Å². The van der Waals surface area contributed by atoms with Gasteiger partial charge in [0.05, 0.1) is 11.5 Å². The molecule has 30 heavy (non-hydrogen) atoms. The van der Waals surface area contributed by atoms with Crippen molar-refractivity contribution in [3.05, 3.63) is 75.6 Å². The van der Waals surface area contributed by atoms with Gasteiger partial charge in [-0.25, -0.2) is 0 Å². The molecule has 0 atom stereocenters. The fourth-order valence-corrected chi connectivity index (χ4v) is 4.65. The van der Waals surface area contributed by atoms with Gasteiger partial charge in [-0.1, -0.05) is 82.9 Å². The number of rotatable bonds is 9. The Bertz CT molecular complexity index is 976. The summed E-state index contributed by atoms with van der Waals surface area (Å²) in [6.07, 6.45) is 4.28. The molecule has 0 bridgehead atoms. The first-order valence-electron chi connectivity index (χ1n) is 9.52. The third-order valence-corrected chi connectivity index (χ3v) is 6.41. The minimum atomic E-state index is -0.0715. The molecule has 0 spiro atoms. The first kappa shape index (κ1) is 22.6. The van der Waals surface area contributed by atoms with Crippen LogP contribution in [0.15, 0.2) is 64.5 Å². The lowest BCUT2D eigenvalue weighted by Crippen LogP contribution is -2.30. The van der Waals surface area contributed by atoms with E-state index in [1.807, 2.05) is 43.3 Å². The molecule has 0 aliphatic carbocycles. The number of nitrogens with zero attached hydrogens (tertiary/aromatic N) is 1. The Labute approximate surface area is 195 Å². The van der Waals surface area contributed by atoms with Crippen molar-refractivity contribution in [1.29, 1.82) is 0 Å². The van der Waals surface area contributed by atoms with E-state index in [0.717, 1.165) is 16.5 Å². The zero-order valence-electron chi connectivity index (χ0n) is 16.6. The number of hydrogen-bond donors (Lipinski definition) is 0. The molecule has 2 aromatic rings. The highest BCUT2D eigenvalue weighted by Gasteiger charge is 2.31. The fraction of sp³-hybridized carbons (Fsp3) is 0.217. The van der Waals surface area contributed by atoms with Crippen molar-refractivity contribution in [2.24, 2.45) is 0 Å². The Morgan fingerprint density at radius 1 is 1.20 bits per heavy atom. The van der Waals surface area contributed by atoms with Crippen molar-refractivity contribution in [3.8, 4) is 11.5 Å². The van der Waals surface area contributed by atoms with E-state index in [2.05, 4.69) is 34.6 Å². The number of benzene rings is 2. The Kier molecular flexibility index (Phi) is 8.13. The molecule has 156 valence electrons. The van der Waals surface area contributed by atoms with Crippen LogP contribution in [0.5, 0.6) is 11.5 Å². The normalized spacial score (nSPS) is 15.0. The molecule has 3 rings (SSSR count). The molecule has 1 heterocycles. The van der Waals surface area contributed by atoms with Gasteiger partial charge in [-0.2, -0.15) is 0 Å². The standard InChI is InChI=1S/C23H22BrNO3S2/c1-3-12-28-20-15-18(24)17(13-19(20)27-4-2)14-21-22(26)25(23(29)30-21)11-10-16-8-6-5-7-9-16/h3,5-9,13-15H,1,4,10-12H2,2H3/b21-14+. The average molecular weight is 504 g/mol. The topological polar surface area (TPSA) is 38.8 Å². The van der Waals surface area contributed by atoms with Crippen molar-refractivity contribution in [3.63, 3.8) is 0 Å². The summed E-state index contributed by atoms with van der Waals surface area (Å²) in [5, 5.41) is 0. The van der Waals surface area contributed by atoms with Gasteiger partial charge in [0, 0.05) is 11.0 Å². The largest absolute Gasteiger partial charge is 0.490 e. The van der Waals surface area contributed by atoms with Crippen LogP contribution in [0.3, 0.4) is 0 Å². The average Bonchev–Trinajstić information content (AvgIpc) is 3.01. The molecule has 7 heteroatoms. The van der Waals surface area contributed by atoms with Crippen LogP contribution in [0, 0.1) is 0 Å². The van der Waals surface area contributed by atoms with E-state index in [9.17, 15) is 4.79 Å². The lowest BCUT2D eigenvalue weighted by molar-refractivity contribution is -0.122. The van der Waals surface area contributed by atoms with Gasteiger partial charge in [-0.05, 0) is 42.7 Å². The van der Waals surface area contributed by atoms with Crippen LogP contribution in [-0.2, 0) is 11.2 Å². The summed E-state index contributed by atoms with van der Waals surface area (Å²) in [5.41, 5.74) is 2.00. The van der Waals surface area contributed by atoms with Gasteiger partial charge < -0.3 is 9.47 Å². The number of halogens is 1. The number of carbonyl (C=O) groups excluding carboxylic acids is 1. The zero-order chi connectivity index (χ0) is 21.5. The number of ether oxygens (including phenoxy) is 2. The quantitative estimate of drug-likeness (QED) is 0.243. The molecule has 1 fully saturated rings. The van der Waals surface area contributed by atoms with Crippen molar-refractivity contribution in [2.45, 2.75) is 13.3 Å². The van der Waals surface area contributed by atoms with Crippen LogP contribution < -0.4 is 9.47 Å². The van der Waals surface area contributed by atoms with Crippen molar-refractivity contribution < 1.29 is 14.3 Å². The molecule has 0 radical (unpaired) electrons. The van der Waals surface area contributed by atoms with Gasteiger partial charge in [0.2, 0.25) is 0 Å². The third kappa shape index (κ3) is 5.53. The highest BCUT2D eigenvalue weighted by Crippen LogP contribution is 2.38. The first-order chi connectivity index (χ1) is 14.5. The summed E-state index contributed by atoms with van der Waals surface area (Å²) in [6, 6.07) is 13.8. The van der Waals surface area contributed by atoms with Gasteiger partial charge >= 0.3 is 0 Å². The molecular formula is C23H22BrNO3S2. The number of amides is 1. The maximum absolute atomic E-state index is 12.9. The van der Waals surface area contributed by atoms with E-state index in [1.54, 1.807) is 11.0 Å². The van der Waals surface area contributed by atoms with Crippen LogP contribution in [0.2, 0.25) is 0 Å². The smallest absolute Gasteiger partial charge is 0.266 e. The second-order valence-corrected chi connectivity index (χ2v) is 8.95. The maximum atomic E-state index is 12.9. The molecule has 2 aromatic carbocycles. The molecule has 0 saturated carbocycles. The fourth-order valence-electron chi connectivity index (χ4n) is 2.91. The highest BCUT2D eigenvalue weighted by molar-refractivity contribution is 9.10. The summed E-state index contributed by atoms with van der Waals surface area (Å²) in [4.78, 5) is 15.2. The predicted octanol–water partition coefficient (Wildman–Crippen LogP) is 5.86. The molecule has 1 amide bonds. The molecule has 1 aliphatic heterocycles. The molecule has 4 nitrogen and oxygen atoms in total. The molecular weight excluding hydrogens is 482 g/mol. The summed E-state index contributed by atoms with van der Waals surface area (Å²) in [5.74, 6) is 1.17. The number of thiocarbonyl (C=S) groups is 1. The molecule has 1 saturated heterocycles. The lowest BCUT2D eigenvalue weighted by atomic mass is 10.1. The van der Waals surface area contributed by atoms with Crippen molar-refractivity contribution in [1.82, 2.24) is 4.90 Å². The van der Waals surface area contributed by atoms with E-state index in [-0.39, 0.29) is 5.91 Å². The third-order valence-electron chi connectivity index (χ3n) is 4.35. The van der Waals surface area contributed by atoms with Gasteiger partial charge in [0.15, 0.2) is 11.5 Å². The van der Waals surface area contributed by atoms with Crippen LogP contribution in [0.1, 0.15) is 18.1 Å². The number of carbonyl (C=O) groups is 1. The zero-order valence-corrected chi connectivity index (χ0v) is 19.8.